The molecule has 114 valence electrons. The molecule has 5 heteroatoms. The van der Waals surface area contributed by atoms with E-state index >= 15 is 0 Å². The number of urea groups is 1. The molecular weight excluding hydrogens is 264 g/mol. The Bertz CT molecular complexity index is 466. The van der Waals surface area contributed by atoms with Gasteiger partial charge in [-0.25, -0.2) is 9.78 Å². The Morgan fingerprint density at radius 1 is 1.29 bits per heavy atom. The van der Waals surface area contributed by atoms with Crippen LogP contribution in [0.4, 0.5) is 10.6 Å². The van der Waals surface area contributed by atoms with Crippen LogP contribution in [0.3, 0.4) is 0 Å². The van der Waals surface area contributed by atoms with Gasteiger partial charge in [-0.1, -0.05) is 6.07 Å². The molecule has 2 heterocycles. The molecule has 1 saturated carbocycles. The maximum Gasteiger partial charge on any atom is 0.315 e. The zero-order valence-corrected chi connectivity index (χ0v) is 12.6. The quantitative estimate of drug-likeness (QED) is 0.892. The van der Waals surface area contributed by atoms with Crippen LogP contribution < -0.4 is 15.5 Å². The molecule has 2 fully saturated rings. The number of nitrogens with one attached hydrogen (secondary N) is 2. The predicted octanol–water partition coefficient (Wildman–Crippen LogP) is 2.15. The van der Waals surface area contributed by atoms with Crippen LogP contribution >= 0.6 is 0 Å². The van der Waals surface area contributed by atoms with Gasteiger partial charge in [0.15, 0.2) is 0 Å². The molecule has 1 aliphatic carbocycles. The summed E-state index contributed by atoms with van der Waals surface area (Å²) < 4.78 is 0. The maximum atomic E-state index is 12.0. The molecule has 2 aliphatic rings. The molecule has 1 unspecified atom stereocenters. The first-order valence-electron chi connectivity index (χ1n) is 7.95. The summed E-state index contributed by atoms with van der Waals surface area (Å²) in [5.74, 6) is 1.73. The smallest absolute Gasteiger partial charge is 0.315 e. The van der Waals surface area contributed by atoms with Gasteiger partial charge in [-0.2, -0.15) is 0 Å². The lowest BCUT2D eigenvalue weighted by Crippen LogP contribution is -2.50. The van der Waals surface area contributed by atoms with Crippen LogP contribution in [-0.4, -0.2) is 36.2 Å². The second-order valence-electron chi connectivity index (χ2n) is 6.19. The summed E-state index contributed by atoms with van der Waals surface area (Å²) in [5.41, 5.74) is 0. The average molecular weight is 288 g/mol. The van der Waals surface area contributed by atoms with Gasteiger partial charge < -0.3 is 15.5 Å². The van der Waals surface area contributed by atoms with E-state index < -0.39 is 0 Å². The summed E-state index contributed by atoms with van der Waals surface area (Å²) in [6, 6.07) is 6.56. The molecule has 1 saturated heterocycles. The number of hydrogen-bond acceptors (Lipinski definition) is 3. The van der Waals surface area contributed by atoms with E-state index in [9.17, 15) is 4.79 Å². The number of piperidine rings is 1. The van der Waals surface area contributed by atoms with Crippen molar-refractivity contribution in [2.24, 2.45) is 5.92 Å². The molecule has 1 atom stereocenters. The van der Waals surface area contributed by atoms with Gasteiger partial charge in [0.05, 0.1) is 0 Å². The van der Waals surface area contributed by atoms with Crippen LogP contribution in [0.1, 0.15) is 32.6 Å². The first kappa shape index (κ1) is 14.2. The molecule has 0 spiro atoms. The molecule has 21 heavy (non-hydrogen) atoms. The summed E-state index contributed by atoms with van der Waals surface area (Å²) in [7, 11) is 0. The van der Waals surface area contributed by atoms with E-state index in [4.69, 9.17) is 0 Å². The van der Waals surface area contributed by atoms with Crippen molar-refractivity contribution < 1.29 is 4.79 Å². The molecule has 0 aromatic carbocycles. The van der Waals surface area contributed by atoms with Gasteiger partial charge in [-0.3, -0.25) is 0 Å². The van der Waals surface area contributed by atoms with E-state index in [0.29, 0.717) is 12.0 Å². The Kier molecular flexibility index (Phi) is 4.27. The highest BCUT2D eigenvalue weighted by atomic mass is 16.2. The lowest BCUT2D eigenvalue weighted by atomic mass is 10.1. The lowest BCUT2D eigenvalue weighted by Gasteiger charge is -2.33. The largest absolute Gasteiger partial charge is 0.356 e. The monoisotopic (exact) mass is 288 g/mol. The molecule has 0 radical (unpaired) electrons. The third-order valence-electron chi connectivity index (χ3n) is 4.49. The van der Waals surface area contributed by atoms with E-state index in [2.05, 4.69) is 27.4 Å². The van der Waals surface area contributed by atoms with Crippen molar-refractivity contribution in [3.8, 4) is 0 Å². The first-order valence-corrected chi connectivity index (χ1v) is 7.95. The van der Waals surface area contributed by atoms with Crippen LogP contribution in [0.5, 0.6) is 0 Å². The molecule has 2 amide bonds. The van der Waals surface area contributed by atoms with Gasteiger partial charge >= 0.3 is 6.03 Å². The number of carbonyl (C=O) groups excluding carboxylic acids is 1. The highest BCUT2D eigenvalue weighted by molar-refractivity contribution is 5.74. The second-order valence-corrected chi connectivity index (χ2v) is 6.19. The van der Waals surface area contributed by atoms with Crippen molar-refractivity contribution in [2.75, 3.05) is 18.0 Å². The molecule has 1 aromatic rings. The van der Waals surface area contributed by atoms with Crippen LogP contribution in [0.25, 0.3) is 0 Å². The highest BCUT2D eigenvalue weighted by Crippen LogP contribution is 2.32. The topological polar surface area (TPSA) is 57.3 Å². The normalized spacial score (nSPS) is 20.9. The maximum absolute atomic E-state index is 12.0. The van der Waals surface area contributed by atoms with Crippen LogP contribution in [-0.2, 0) is 0 Å². The molecule has 0 bridgehead atoms. The van der Waals surface area contributed by atoms with Crippen molar-refractivity contribution in [1.82, 2.24) is 15.6 Å². The number of aromatic nitrogens is 1. The minimum Gasteiger partial charge on any atom is -0.356 e. The Labute approximate surface area is 126 Å². The fourth-order valence-corrected chi connectivity index (χ4v) is 2.94. The van der Waals surface area contributed by atoms with E-state index in [1.54, 1.807) is 0 Å². The van der Waals surface area contributed by atoms with Gasteiger partial charge in [-0.05, 0) is 50.7 Å². The third-order valence-corrected chi connectivity index (χ3v) is 4.49. The number of nitrogens with zero attached hydrogens (tertiary/aromatic N) is 2. The fraction of sp³-hybridized carbons (Fsp3) is 0.625. The molecule has 2 N–H and O–H groups in total. The zero-order chi connectivity index (χ0) is 14.7. The van der Waals surface area contributed by atoms with Crippen molar-refractivity contribution >= 4 is 11.8 Å². The minimum atomic E-state index is -0.00862. The number of carbonyl (C=O) groups is 1. The number of hydrogen-bond donors (Lipinski definition) is 2. The van der Waals surface area contributed by atoms with Crippen molar-refractivity contribution in [2.45, 2.75) is 44.7 Å². The Hall–Kier alpha value is -1.78. The second kappa shape index (κ2) is 6.33. The number of anilines is 1. The third kappa shape index (κ3) is 3.86. The first-order chi connectivity index (χ1) is 10.2. The van der Waals surface area contributed by atoms with Gasteiger partial charge in [0.2, 0.25) is 0 Å². The lowest BCUT2D eigenvalue weighted by molar-refractivity contribution is 0.230. The van der Waals surface area contributed by atoms with Gasteiger partial charge in [0, 0.05) is 31.4 Å². The minimum absolute atomic E-state index is 0.00862. The summed E-state index contributed by atoms with van der Waals surface area (Å²) >= 11 is 0. The Balaban J connectivity index is 1.42. The summed E-state index contributed by atoms with van der Waals surface area (Å²) in [4.78, 5) is 18.6. The van der Waals surface area contributed by atoms with Gasteiger partial charge in [0.25, 0.3) is 0 Å². The van der Waals surface area contributed by atoms with Crippen molar-refractivity contribution in [3.63, 3.8) is 0 Å². The fourth-order valence-electron chi connectivity index (χ4n) is 2.94. The SMILES string of the molecule is CC(NC(=O)NC1CCN(c2ccccn2)CC1)C1CC1. The van der Waals surface area contributed by atoms with Crippen LogP contribution in [0, 0.1) is 5.92 Å². The molecule has 3 rings (SSSR count). The standard InChI is InChI=1S/C16H24N4O/c1-12(13-5-6-13)18-16(21)19-14-7-10-20(11-8-14)15-4-2-3-9-17-15/h2-4,9,12-14H,5-8,10-11H2,1H3,(H2,18,19,21). The van der Waals surface area contributed by atoms with Gasteiger partial charge in [-0.15, -0.1) is 0 Å². The van der Waals surface area contributed by atoms with E-state index in [1.807, 2.05) is 24.4 Å². The predicted molar refractivity (Wildman–Crippen MR) is 83.3 cm³/mol. The number of pyridine rings is 1. The molecule has 1 aliphatic heterocycles. The van der Waals surface area contributed by atoms with Crippen LogP contribution in [0.15, 0.2) is 24.4 Å². The summed E-state index contributed by atoms with van der Waals surface area (Å²) in [6.07, 6.45) is 6.28. The number of amides is 2. The van der Waals surface area contributed by atoms with Crippen molar-refractivity contribution in [1.29, 1.82) is 0 Å². The Morgan fingerprint density at radius 2 is 2.05 bits per heavy atom. The molecular formula is C16H24N4O. The van der Waals surface area contributed by atoms with Crippen LogP contribution in [0.2, 0.25) is 0 Å². The van der Waals surface area contributed by atoms with Gasteiger partial charge in [0.1, 0.15) is 5.82 Å². The summed E-state index contributed by atoms with van der Waals surface area (Å²) in [5, 5.41) is 6.16. The number of rotatable bonds is 4. The highest BCUT2D eigenvalue weighted by Gasteiger charge is 2.29. The molecule has 5 nitrogen and oxygen atoms in total. The van der Waals surface area contributed by atoms with E-state index in [0.717, 1.165) is 31.7 Å². The summed E-state index contributed by atoms with van der Waals surface area (Å²) in [6.45, 7) is 3.99. The van der Waals surface area contributed by atoms with E-state index in [-0.39, 0.29) is 12.1 Å². The zero-order valence-electron chi connectivity index (χ0n) is 12.6. The van der Waals surface area contributed by atoms with E-state index in [1.165, 1.54) is 12.8 Å². The Morgan fingerprint density at radius 3 is 2.67 bits per heavy atom. The van der Waals surface area contributed by atoms with Crippen molar-refractivity contribution in [3.05, 3.63) is 24.4 Å². The molecule has 1 aromatic heterocycles. The average Bonchev–Trinajstić information content (AvgIpc) is 3.33.